The second-order valence-electron chi connectivity index (χ2n) is 8.21. The first kappa shape index (κ1) is 20.0. The fourth-order valence-corrected chi connectivity index (χ4v) is 4.46. The lowest BCUT2D eigenvalue weighted by molar-refractivity contribution is -0.0325. The molecule has 2 fully saturated rings. The standard InChI is InChI=1S/C23H26N2O6/c1-28-18-5-3-17(4-6-18)25-14-19(31-22(25)26)13-24-10-8-23(27,9-11-24)16-2-7-20-21(12-16)30-15-29-20/h2-7,12,19,27H,8-11,13-15H2,1H3. The lowest BCUT2D eigenvalue weighted by atomic mass is 9.84. The molecule has 0 saturated carbocycles. The summed E-state index contributed by atoms with van der Waals surface area (Å²) < 4.78 is 21.6. The molecule has 2 aromatic carbocycles. The summed E-state index contributed by atoms with van der Waals surface area (Å²) in [6, 6.07) is 13.0. The van der Waals surface area contributed by atoms with E-state index in [-0.39, 0.29) is 19.0 Å². The third-order valence-corrected chi connectivity index (χ3v) is 6.31. The Morgan fingerprint density at radius 2 is 1.84 bits per heavy atom. The van der Waals surface area contributed by atoms with Crippen LogP contribution in [0.25, 0.3) is 0 Å². The van der Waals surface area contributed by atoms with Gasteiger partial charge in [0, 0.05) is 25.3 Å². The number of piperidine rings is 1. The van der Waals surface area contributed by atoms with Gasteiger partial charge in [0.05, 0.1) is 19.3 Å². The van der Waals surface area contributed by atoms with E-state index in [4.69, 9.17) is 18.9 Å². The Bertz CT molecular complexity index is 955. The lowest BCUT2D eigenvalue weighted by Crippen LogP contribution is -2.45. The molecule has 0 aromatic heterocycles. The van der Waals surface area contributed by atoms with E-state index >= 15 is 0 Å². The SMILES string of the molecule is COc1ccc(N2CC(CN3CCC(O)(c4ccc5c(c4)OCO5)CC3)OC2=O)cc1. The maximum atomic E-state index is 12.4. The number of benzene rings is 2. The number of carbonyl (C=O) groups excluding carboxylic acids is 1. The number of likely N-dealkylation sites (tertiary alicyclic amines) is 1. The van der Waals surface area contributed by atoms with E-state index < -0.39 is 5.60 Å². The number of methoxy groups -OCH3 is 1. The van der Waals surface area contributed by atoms with Crippen molar-refractivity contribution in [3.8, 4) is 17.2 Å². The molecule has 8 heteroatoms. The van der Waals surface area contributed by atoms with Crippen LogP contribution >= 0.6 is 0 Å². The molecule has 1 amide bonds. The predicted molar refractivity (Wildman–Crippen MR) is 113 cm³/mol. The van der Waals surface area contributed by atoms with Crippen molar-refractivity contribution in [1.29, 1.82) is 0 Å². The molecule has 3 aliphatic heterocycles. The molecule has 164 valence electrons. The van der Waals surface area contributed by atoms with Gasteiger partial charge in [-0.2, -0.15) is 0 Å². The number of aliphatic hydroxyl groups is 1. The second kappa shape index (κ2) is 7.94. The molecular weight excluding hydrogens is 400 g/mol. The third kappa shape index (κ3) is 3.88. The van der Waals surface area contributed by atoms with Gasteiger partial charge in [-0.05, 0) is 54.8 Å². The van der Waals surface area contributed by atoms with E-state index in [1.165, 1.54) is 0 Å². The van der Waals surface area contributed by atoms with Crippen LogP contribution in [0.2, 0.25) is 0 Å². The topological polar surface area (TPSA) is 80.7 Å². The van der Waals surface area contributed by atoms with Gasteiger partial charge in [-0.3, -0.25) is 9.80 Å². The highest BCUT2D eigenvalue weighted by Crippen LogP contribution is 2.39. The molecule has 1 atom stereocenters. The van der Waals surface area contributed by atoms with Crippen molar-refractivity contribution in [2.24, 2.45) is 0 Å². The number of fused-ring (bicyclic) bond motifs is 1. The van der Waals surface area contributed by atoms with E-state index in [1.54, 1.807) is 12.0 Å². The summed E-state index contributed by atoms with van der Waals surface area (Å²) >= 11 is 0. The maximum Gasteiger partial charge on any atom is 0.414 e. The van der Waals surface area contributed by atoms with E-state index in [9.17, 15) is 9.90 Å². The quantitative estimate of drug-likeness (QED) is 0.787. The zero-order chi connectivity index (χ0) is 21.4. The summed E-state index contributed by atoms with van der Waals surface area (Å²) in [5.41, 5.74) is 0.761. The highest BCUT2D eigenvalue weighted by atomic mass is 16.7. The van der Waals surface area contributed by atoms with Crippen LogP contribution in [0.4, 0.5) is 10.5 Å². The summed E-state index contributed by atoms with van der Waals surface area (Å²) in [4.78, 5) is 16.3. The van der Waals surface area contributed by atoms with Crippen molar-refractivity contribution in [3.63, 3.8) is 0 Å². The number of anilines is 1. The molecular formula is C23H26N2O6. The van der Waals surface area contributed by atoms with Crippen LogP contribution in [0.1, 0.15) is 18.4 Å². The average Bonchev–Trinajstić information content (AvgIpc) is 3.41. The summed E-state index contributed by atoms with van der Waals surface area (Å²) in [7, 11) is 1.61. The predicted octanol–water partition coefficient (Wildman–Crippen LogP) is 2.73. The van der Waals surface area contributed by atoms with Crippen LogP contribution in [-0.4, -0.2) is 62.3 Å². The van der Waals surface area contributed by atoms with E-state index in [0.29, 0.717) is 37.4 Å². The Morgan fingerprint density at radius 1 is 1.10 bits per heavy atom. The van der Waals surface area contributed by atoms with Crippen LogP contribution in [0.15, 0.2) is 42.5 Å². The molecule has 31 heavy (non-hydrogen) atoms. The van der Waals surface area contributed by atoms with Crippen LogP contribution < -0.4 is 19.1 Å². The van der Waals surface area contributed by atoms with Gasteiger partial charge in [-0.15, -0.1) is 0 Å². The molecule has 1 N–H and O–H groups in total. The first-order valence-corrected chi connectivity index (χ1v) is 10.5. The van der Waals surface area contributed by atoms with Gasteiger partial charge >= 0.3 is 6.09 Å². The molecule has 0 bridgehead atoms. The van der Waals surface area contributed by atoms with Crippen molar-refractivity contribution < 1.29 is 28.8 Å². The molecule has 2 saturated heterocycles. The fourth-order valence-electron chi connectivity index (χ4n) is 4.46. The van der Waals surface area contributed by atoms with Crippen molar-refractivity contribution >= 4 is 11.8 Å². The maximum absolute atomic E-state index is 12.4. The minimum absolute atomic E-state index is 0.202. The van der Waals surface area contributed by atoms with Gasteiger partial charge in [0.1, 0.15) is 11.9 Å². The van der Waals surface area contributed by atoms with Crippen LogP contribution in [0.5, 0.6) is 17.2 Å². The van der Waals surface area contributed by atoms with E-state index in [2.05, 4.69) is 4.90 Å². The summed E-state index contributed by atoms with van der Waals surface area (Å²) in [5, 5.41) is 11.2. The zero-order valence-electron chi connectivity index (χ0n) is 17.5. The number of rotatable bonds is 5. The van der Waals surface area contributed by atoms with Crippen molar-refractivity contribution in [2.75, 3.05) is 45.0 Å². The molecule has 2 aromatic rings. The van der Waals surface area contributed by atoms with Crippen LogP contribution in [-0.2, 0) is 10.3 Å². The number of nitrogens with zero attached hydrogens (tertiary/aromatic N) is 2. The summed E-state index contributed by atoms with van der Waals surface area (Å²) in [6.45, 7) is 2.82. The Hall–Kier alpha value is -2.97. The molecule has 3 heterocycles. The Labute approximate surface area is 180 Å². The largest absolute Gasteiger partial charge is 0.497 e. The first-order chi connectivity index (χ1) is 15.0. The van der Waals surface area contributed by atoms with Crippen molar-refractivity contribution in [3.05, 3.63) is 48.0 Å². The number of carbonyl (C=O) groups is 1. The molecule has 0 aliphatic carbocycles. The number of amides is 1. The molecule has 8 nitrogen and oxygen atoms in total. The second-order valence-corrected chi connectivity index (χ2v) is 8.21. The van der Waals surface area contributed by atoms with E-state index in [0.717, 1.165) is 30.1 Å². The van der Waals surface area contributed by atoms with Gasteiger partial charge in [0.2, 0.25) is 6.79 Å². The average molecular weight is 426 g/mol. The molecule has 0 spiro atoms. The fraction of sp³-hybridized carbons (Fsp3) is 0.435. The third-order valence-electron chi connectivity index (χ3n) is 6.31. The first-order valence-electron chi connectivity index (χ1n) is 10.5. The minimum atomic E-state index is -0.890. The van der Waals surface area contributed by atoms with Gasteiger partial charge in [0.25, 0.3) is 0 Å². The van der Waals surface area contributed by atoms with Gasteiger partial charge in [0.15, 0.2) is 11.5 Å². The highest BCUT2D eigenvalue weighted by Gasteiger charge is 2.38. The molecule has 1 unspecified atom stereocenters. The summed E-state index contributed by atoms with van der Waals surface area (Å²) in [5.74, 6) is 2.15. The molecule has 5 rings (SSSR count). The van der Waals surface area contributed by atoms with E-state index in [1.807, 2.05) is 42.5 Å². The number of hydrogen-bond donors (Lipinski definition) is 1. The number of ether oxygens (including phenoxy) is 4. The Morgan fingerprint density at radius 3 is 2.58 bits per heavy atom. The highest BCUT2D eigenvalue weighted by molar-refractivity contribution is 5.89. The van der Waals surface area contributed by atoms with Gasteiger partial charge in [-0.25, -0.2) is 4.79 Å². The molecule has 3 aliphatic rings. The van der Waals surface area contributed by atoms with Gasteiger partial charge in [-0.1, -0.05) is 6.07 Å². The lowest BCUT2D eigenvalue weighted by Gasteiger charge is -2.39. The number of cyclic esters (lactones) is 1. The van der Waals surface area contributed by atoms with Crippen molar-refractivity contribution in [2.45, 2.75) is 24.5 Å². The molecule has 0 radical (unpaired) electrons. The number of hydrogen-bond acceptors (Lipinski definition) is 7. The van der Waals surface area contributed by atoms with Crippen LogP contribution in [0.3, 0.4) is 0 Å². The monoisotopic (exact) mass is 426 g/mol. The van der Waals surface area contributed by atoms with Crippen LogP contribution in [0, 0.1) is 0 Å². The zero-order valence-corrected chi connectivity index (χ0v) is 17.5. The van der Waals surface area contributed by atoms with Crippen molar-refractivity contribution in [1.82, 2.24) is 4.90 Å². The summed E-state index contributed by atoms with van der Waals surface area (Å²) in [6.07, 6.45) is 0.681. The minimum Gasteiger partial charge on any atom is -0.497 e. The van der Waals surface area contributed by atoms with Gasteiger partial charge < -0.3 is 24.1 Å². The Balaban J connectivity index is 1.17. The Kier molecular flexibility index (Phi) is 5.11. The normalized spacial score (nSPS) is 22.5. The smallest absolute Gasteiger partial charge is 0.414 e.